The van der Waals surface area contributed by atoms with Crippen LogP contribution in [-0.2, 0) is 26.0 Å². The first kappa shape index (κ1) is 16.7. The van der Waals surface area contributed by atoms with E-state index in [0.29, 0.717) is 9.70 Å². The molecule has 0 fully saturated rings. The molecule has 0 radical (unpaired) electrons. The molecule has 0 amide bonds. The SMILES string of the molecule is CC[O][Zr]([O]CC)([O]CC)([C]1=CC=CC1)[GeH]([F])[F]. The quantitative estimate of drug-likeness (QED) is 0.584. The molecule has 3 nitrogen and oxygen atoms in total. The Morgan fingerprint density at radius 3 is 1.89 bits per heavy atom. The van der Waals surface area contributed by atoms with Gasteiger partial charge in [0.15, 0.2) is 0 Å². The summed E-state index contributed by atoms with van der Waals surface area (Å²) in [4.78, 5) is 0. The zero-order valence-corrected chi connectivity index (χ0v) is 16.0. The van der Waals surface area contributed by atoms with Gasteiger partial charge in [0.05, 0.1) is 0 Å². The van der Waals surface area contributed by atoms with Crippen molar-refractivity contribution in [1.82, 2.24) is 0 Å². The van der Waals surface area contributed by atoms with Crippen molar-refractivity contribution >= 4 is 11.5 Å². The van der Waals surface area contributed by atoms with Crippen molar-refractivity contribution in [3.05, 3.63) is 21.5 Å². The Bertz CT molecular complexity index is 327. The zero-order chi connectivity index (χ0) is 13.7. The molecule has 7 heteroatoms. The van der Waals surface area contributed by atoms with Crippen LogP contribution in [0.2, 0.25) is 0 Å². The Balaban J connectivity index is 3.31. The normalized spacial score (nSPS) is 17.9. The van der Waals surface area contributed by atoms with Gasteiger partial charge >= 0.3 is 113 Å². The van der Waals surface area contributed by atoms with Crippen molar-refractivity contribution in [3.8, 4) is 0 Å². The molecule has 0 aromatic heterocycles. The zero-order valence-electron chi connectivity index (χ0n) is 11.1. The molecule has 0 unspecified atom stereocenters. The molecule has 0 saturated heterocycles. The summed E-state index contributed by atoms with van der Waals surface area (Å²) < 4.78 is 45.6. The third-order valence-electron chi connectivity index (χ3n) is 2.98. The van der Waals surface area contributed by atoms with Gasteiger partial charge in [0, 0.05) is 0 Å². The molecule has 0 bridgehead atoms. The van der Waals surface area contributed by atoms with E-state index >= 15 is 0 Å². The summed E-state index contributed by atoms with van der Waals surface area (Å²) in [6.07, 6.45) is 5.82. The van der Waals surface area contributed by atoms with Crippen molar-refractivity contribution < 1.29 is 33.0 Å². The summed E-state index contributed by atoms with van der Waals surface area (Å²) in [5.74, 6) is 0. The van der Waals surface area contributed by atoms with Gasteiger partial charge in [-0.1, -0.05) is 0 Å². The molecule has 0 aliphatic heterocycles. The molecule has 0 heterocycles. The predicted octanol–water partition coefficient (Wildman–Crippen LogP) is 3.03. The van der Waals surface area contributed by atoms with Crippen LogP contribution in [0.4, 0.5) is 7.00 Å². The van der Waals surface area contributed by atoms with E-state index < -0.39 is 29.1 Å². The summed E-state index contributed by atoms with van der Waals surface area (Å²) in [7, 11) is 0. The van der Waals surface area contributed by atoms with Crippen molar-refractivity contribution in [2.75, 3.05) is 19.8 Å². The molecule has 18 heavy (non-hydrogen) atoms. The van der Waals surface area contributed by atoms with Crippen LogP contribution >= 0.6 is 0 Å². The van der Waals surface area contributed by atoms with Crippen LogP contribution in [0.1, 0.15) is 27.2 Å². The van der Waals surface area contributed by atoms with E-state index in [4.69, 9.17) is 8.44 Å². The third kappa shape index (κ3) is 2.73. The second-order valence-electron chi connectivity index (χ2n) is 3.98. The number of halogens is 2. The maximum atomic E-state index is 14.1. The van der Waals surface area contributed by atoms with Crippen LogP contribution in [0.3, 0.4) is 0 Å². The second kappa shape index (κ2) is 6.89. The minimum atomic E-state index is -5.38. The first-order valence-corrected chi connectivity index (χ1v) is 20.9. The first-order valence-electron chi connectivity index (χ1n) is 6.29. The molecule has 1 aliphatic carbocycles. The van der Waals surface area contributed by atoms with Crippen LogP contribution in [0.5, 0.6) is 0 Å². The topological polar surface area (TPSA) is 27.7 Å². The van der Waals surface area contributed by atoms with E-state index in [-0.39, 0.29) is 19.8 Å². The van der Waals surface area contributed by atoms with Crippen molar-refractivity contribution in [2.24, 2.45) is 0 Å². The van der Waals surface area contributed by atoms with Gasteiger partial charge in [-0.2, -0.15) is 0 Å². The second-order valence-corrected chi connectivity index (χ2v) is 32.1. The Labute approximate surface area is 112 Å². The van der Waals surface area contributed by atoms with Gasteiger partial charge in [0.25, 0.3) is 0 Å². The van der Waals surface area contributed by atoms with E-state index in [9.17, 15) is 7.00 Å². The summed E-state index contributed by atoms with van der Waals surface area (Å²) >= 11 is -10.1. The van der Waals surface area contributed by atoms with E-state index in [1.54, 1.807) is 32.9 Å². The molecular weight excluding hydrogens is 382 g/mol. The van der Waals surface area contributed by atoms with Crippen molar-refractivity contribution in [3.63, 3.8) is 0 Å². The fraction of sp³-hybridized carbons (Fsp3) is 0.636. The standard InChI is InChI=1S/C5H5.3C2H5O.F2GeH.Zr/c1-2-4-5-3-1;3*1-2-3;1-3-2;/h1-3H,4H2;3*2H2,1H3;3H;/q;3*-1;;+3. The Morgan fingerprint density at radius 1 is 1.11 bits per heavy atom. The molecule has 0 spiro atoms. The van der Waals surface area contributed by atoms with Crippen LogP contribution < -0.4 is 0 Å². The van der Waals surface area contributed by atoms with E-state index in [1.807, 2.05) is 6.08 Å². The van der Waals surface area contributed by atoms with E-state index in [2.05, 4.69) is 0 Å². The summed E-state index contributed by atoms with van der Waals surface area (Å²) in [5, 5.41) is 0. The van der Waals surface area contributed by atoms with Crippen LogP contribution in [0.25, 0.3) is 0 Å². The summed E-state index contributed by atoms with van der Waals surface area (Å²) in [6.45, 7) is 5.78. The van der Waals surface area contributed by atoms with Gasteiger partial charge in [-0.25, -0.2) is 0 Å². The predicted molar refractivity (Wildman–Crippen MR) is 66.1 cm³/mol. The Hall–Kier alpha value is 0.646. The Kier molecular flexibility index (Phi) is 6.39. The van der Waals surface area contributed by atoms with E-state index in [0.717, 1.165) is 0 Å². The van der Waals surface area contributed by atoms with E-state index in [1.165, 1.54) is 0 Å². The average Bonchev–Trinajstić information content (AvgIpc) is 2.84. The average molecular weight is 403 g/mol. The maximum absolute atomic E-state index is 14.1. The van der Waals surface area contributed by atoms with Gasteiger partial charge < -0.3 is 0 Å². The third-order valence-corrected chi connectivity index (χ3v) is 34.9. The number of hydrogen-bond donors (Lipinski definition) is 0. The summed E-state index contributed by atoms with van der Waals surface area (Å²) in [6, 6.07) is 0. The number of allylic oxidation sites excluding steroid dienone is 4. The van der Waals surface area contributed by atoms with Crippen molar-refractivity contribution in [1.29, 1.82) is 0 Å². The summed E-state index contributed by atoms with van der Waals surface area (Å²) in [5.41, 5.74) is 0. The fourth-order valence-electron chi connectivity index (χ4n) is 2.33. The van der Waals surface area contributed by atoms with Crippen LogP contribution in [0, 0.1) is 0 Å². The first-order chi connectivity index (χ1) is 8.56. The van der Waals surface area contributed by atoms with Crippen LogP contribution in [0.15, 0.2) is 21.5 Å². The molecule has 105 valence electrons. The molecule has 0 aromatic carbocycles. The molecular formula is C11H21F2GeO3Zr. The van der Waals surface area contributed by atoms with Gasteiger partial charge in [0.1, 0.15) is 0 Å². The van der Waals surface area contributed by atoms with Gasteiger partial charge in [-0.3, -0.25) is 0 Å². The van der Waals surface area contributed by atoms with Crippen LogP contribution in [-0.4, -0.2) is 31.3 Å². The number of hydrogen-bond acceptors (Lipinski definition) is 3. The molecule has 0 atom stereocenters. The molecule has 0 saturated carbocycles. The molecule has 1 aliphatic rings. The molecule has 0 aromatic rings. The van der Waals surface area contributed by atoms with Gasteiger partial charge in [-0.15, -0.1) is 0 Å². The molecule has 0 N–H and O–H groups in total. The Morgan fingerprint density at radius 2 is 1.61 bits per heavy atom. The fourth-order valence-corrected chi connectivity index (χ4v) is 29.2. The number of rotatable bonds is 8. The van der Waals surface area contributed by atoms with Crippen molar-refractivity contribution in [2.45, 2.75) is 27.2 Å². The molecule has 1 rings (SSSR count). The monoisotopic (exact) mass is 403 g/mol. The minimum absolute atomic E-state index is 0.207. The van der Waals surface area contributed by atoms with Gasteiger partial charge in [-0.05, 0) is 0 Å². The van der Waals surface area contributed by atoms with Gasteiger partial charge in [0.2, 0.25) is 0 Å².